The van der Waals surface area contributed by atoms with E-state index in [0.29, 0.717) is 6.04 Å². The summed E-state index contributed by atoms with van der Waals surface area (Å²) in [6.07, 6.45) is 3.51. The van der Waals surface area contributed by atoms with E-state index in [2.05, 4.69) is 56.6 Å². The van der Waals surface area contributed by atoms with Crippen LogP contribution >= 0.6 is 15.9 Å². The van der Waals surface area contributed by atoms with E-state index < -0.39 is 5.40 Å². The maximum absolute atomic E-state index is 10.1. The van der Waals surface area contributed by atoms with Crippen molar-refractivity contribution in [2.24, 2.45) is 0 Å². The van der Waals surface area contributed by atoms with Crippen molar-refractivity contribution in [2.75, 3.05) is 0 Å². The summed E-state index contributed by atoms with van der Waals surface area (Å²) in [4.78, 5) is 3.64. The number of nitrogens with one attached hydrogen (secondary N) is 2. The Hall–Kier alpha value is -1.49. The Labute approximate surface area is 164 Å². The predicted octanol–water partition coefficient (Wildman–Crippen LogP) is 2.47. The van der Waals surface area contributed by atoms with Crippen molar-refractivity contribution in [3.05, 3.63) is 69.3 Å². The van der Waals surface area contributed by atoms with Crippen molar-refractivity contribution in [3.8, 4) is 0 Å². The van der Waals surface area contributed by atoms with Gasteiger partial charge in [-0.05, 0) is 54.2 Å². The molecule has 0 amide bonds. The molecule has 2 aromatic carbocycles. The monoisotopic (exact) mass is 408 g/mol. The van der Waals surface area contributed by atoms with Crippen molar-refractivity contribution in [1.29, 1.82) is 0 Å². The summed E-state index contributed by atoms with van der Waals surface area (Å²) in [5.41, 5.74) is 6.22. The fourth-order valence-corrected chi connectivity index (χ4v) is 4.27. The Kier molecular flexibility index (Phi) is 4.76. The Balaban J connectivity index is 1.53. The molecule has 3 aromatic rings. The first kappa shape index (κ1) is 17.9. The second kappa shape index (κ2) is 6.91. The number of aliphatic hydroxyl groups is 1. The van der Waals surface area contributed by atoms with Crippen molar-refractivity contribution in [1.82, 2.24) is 10.3 Å². The molecular formula is C20H23B2BrN2O. The highest BCUT2D eigenvalue weighted by Crippen LogP contribution is 2.36. The topological polar surface area (TPSA) is 48.0 Å². The molecule has 3 nitrogen and oxygen atoms in total. The molecule has 6 heteroatoms. The van der Waals surface area contributed by atoms with E-state index >= 15 is 0 Å². The first-order valence-corrected chi connectivity index (χ1v) is 10.1. The molecule has 26 heavy (non-hydrogen) atoms. The van der Waals surface area contributed by atoms with Gasteiger partial charge in [0.25, 0.3) is 0 Å². The van der Waals surface area contributed by atoms with E-state index in [1.807, 2.05) is 27.8 Å². The zero-order valence-electron chi connectivity index (χ0n) is 15.3. The number of aromatic amines is 1. The molecule has 1 heterocycles. The van der Waals surface area contributed by atoms with Gasteiger partial charge in [0, 0.05) is 39.1 Å². The lowest BCUT2D eigenvalue weighted by molar-refractivity contribution is 0.217. The van der Waals surface area contributed by atoms with Crippen LogP contribution in [0.15, 0.2) is 46.9 Å². The van der Waals surface area contributed by atoms with Gasteiger partial charge in [0.2, 0.25) is 0 Å². The molecule has 0 bridgehead atoms. The highest BCUT2D eigenvalue weighted by molar-refractivity contribution is 9.10. The average molecular weight is 409 g/mol. The summed E-state index contributed by atoms with van der Waals surface area (Å²) in [6, 6.07) is 15.1. The molecule has 1 aliphatic carbocycles. The van der Waals surface area contributed by atoms with Crippen molar-refractivity contribution in [3.63, 3.8) is 0 Å². The standard InChI is InChI=1S/C20H23B2BrN2O/c21-20(22,26)13-6-4-12(5-7-13)11-24-18-3-1-2-15-16-10-14(23)8-9-17(16)25-19(15)18/h4-10,18,24-26H,1-3,11,21-22H2/t18-/m1/s1. The molecule has 0 radical (unpaired) electrons. The SMILES string of the molecule is BC(B)(O)c1ccc(CN[C@@H]2CCCc3c2[nH]c2ccc(Br)cc32)cc1. The van der Waals surface area contributed by atoms with E-state index in [1.54, 1.807) is 0 Å². The van der Waals surface area contributed by atoms with Gasteiger partial charge in [0.15, 0.2) is 0 Å². The van der Waals surface area contributed by atoms with Crippen LogP contribution in [0.1, 0.15) is 41.3 Å². The smallest absolute Gasteiger partial charge is 0.137 e. The first-order chi connectivity index (χ1) is 12.4. The van der Waals surface area contributed by atoms with Gasteiger partial charge < -0.3 is 15.4 Å². The first-order valence-electron chi connectivity index (χ1n) is 9.27. The van der Waals surface area contributed by atoms with Crippen LogP contribution in [-0.2, 0) is 18.4 Å². The lowest BCUT2D eigenvalue weighted by Gasteiger charge is -2.24. The number of fused-ring (bicyclic) bond motifs is 3. The third-order valence-corrected chi connectivity index (χ3v) is 5.88. The van der Waals surface area contributed by atoms with Crippen LogP contribution in [0.2, 0.25) is 0 Å². The lowest BCUT2D eigenvalue weighted by Crippen LogP contribution is -2.26. The summed E-state index contributed by atoms with van der Waals surface area (Å²) >= 11 is 3.59. The molecule has 3 N–H and O–H groups in total. The predicted molar refractivity (Wildman–Crippen MR) is 116 cm³/mol. The number of rotatable bonds is 4. The molecule has 0 aliphatic heterocycles. The number of halogens is 1. The van der Waals surface area contributed by atoms with Gasteiger partial charge in [0.1, 0.15) is 15.7 Å². The molecule has 1 atom stereocenters. The number of benzene rings is 2. The van der Waals surface area contributed by atoms with Crippen LogP contribution in [0.3, 0.4) is 0 Å². The van der Waals surface area contributed by atoms with Crippen molar-refractivity contribution >= 4 is 42.5 Å². The van der Waals surface area contributed by atoms with E-state index in [4.69, 9.17) is 0 Å². The molecule has 0 saturated heterocycles. The lowest BCUT2D eigenvalue weighted by atomic mass is 9.61. The Morgan fingerprint density at radius 2 is 1.96 bits per heavy atom. The van der Waals surface area contributed by atoms with Gasteiger partial charge in [-0.3, -0.25) is 0 Å². The van der Waals surface area contributed by atoms with Crippen LogP contribution in [0, 0.1) is 0 Å². The van der Waals surface area contributed by atoms with Crippen molar-refractivity contribution < 1.29 is 5.11 Å². The molecular weight excluding hydrogens is 386 g/mol. The normalized spacial score (nSPS) is 17.4. The largest absolute Gasteiger partial charge is 0.403 e. The second-order valence-electron chi connectivity index (χ2n) is 7.79. The average Bonchev–Trinajstić information content (AvgIpc) is 2.98. The van der Waals surface area contributed by atoms with Crippen LogP contribution < -0.4 is 5.32 Å². The maximum atomic E-state index is 10.1. The third kappa shape index (κ3) is 3.51. The quantitative estimate of drug-likeness (QED) is 0.581. The zero-order chi connectivity index (χ0) is 18.3. The Morgan fingerprint density at radius 3 is 2.69 bits per heavy atom. The molecule has 0 unspecified atom stereocenters. The van der Waals surface area contributed by atoms with Gasteiger partial charge in [-0.2, -0.15) is 0 Å². The minimum Gasteiger partial charge on any atom is -0.403 e. The van der Waals surface area contributed by atoms with E-state index in [1.165, 1.54) is 34.1 Å². The number of aromatic nitrogens is 1. The van der Waals surface area contributed by atoms with Gasteiger partial charge in [0.05, 0.1) is 0 Å². The zero-order valence-corrected chi connectivity index (χ0v) is 16.9. The van der Waals surface area contributed by atoms with Gasteiger partial charge in [-0.1, -0.05) is 40.2 Å². The van der Waals surface area contributed by atoms with Crippen molar-refractivity contribution in [2.45, 2.75) is 37.2 Å². The fraction of sp³-hybridized carbons (Fsp3) is 0.300. The summed E-state index contributed by atoms with van der Waals surface area (Å²) in [6.45, 7) is 0.829. The summed E-state index contributed by atoms with van der Waals surface area (Å²) < 4.78 is 1.13. The minimum absolute atomic E-state index is 0.360. The number of hydrogen-bond acceptors (Lipinski definition) is 2. The second-order valence-corrected chi connectivity index (χ2v) is 8.70. The molecule has 0 saturated carbocycles. The molecule has 1 aromatic heterocycles. The summed E-state index contributed by atoms with van der Waals surface area (Å²) in [5.74, 6) is 0. The molecule has 4 rings (SSSR count). The third-order valence-electron chi connectivity index (χ3n) is 5.38. The molecule has 1 aliphatic rings. The van der Waals surface area contributed by atoms with Gasteiger partial charge in [-0.25, -0.2) is 0 Å². The highest BCUT2D eigenvalue weighted by atomic mass is 79.9. The summed E-state index contributed by atoms with van der Waals surface area (Å²) in [5, 5.41) is 14.4. The molecule has 0 fully saturated rings. The van der Waals surface area contributed by atoms with E-state index in [0.717, 1.165) is 29.4 Å². The summed E-state index contributed by atoms with van der Waals surface area (Å²) in [7, 11) is 3.64. The van der Waals surface area contributed by atoms with E-state index in [-0.39, 0.29) is 0 Å². The van der Waals surface area contributed by atoms with E-state index in [9.17, 15) is 5.11 Å². The maximum Gasteiger partial charge on any atom is 0.137 e. The van der Waals surface area contributed by atoms with Gasteiger partial charge in [-0.15, -0.1) is 0 Å². The minimum atomic E-state index is -0.789. The van der Waals surface area contributed by atoms with Crippen LogP contribution in [0.25, 0.3) is 10.9 Å². The number of hydrogen-bond donors (Lipinski definition) is 3. The highest BCUT2D eigenvalue weighted by Gasteiger charge is 2.24. The number of H-pyrrole nitrogens is 1. The van der Waals surface area contributed by atoms with Gasteiger partial charge >= 0.3 is 0 Å². The van der Waals surface area contributed by atoms with Crippen LogP contribution in [-0.4, -0.2) is 25.8 Å². The number of aryl methyl sites for hydroxylation is 1. The Morgan fingerprint density at radius 1 is 1.19 bits per heavy atom. The van der Waals surface area contributed by atoms with Crippen LogP contribution in [0.4, 0.5) is 0 Å². The Bertz CT molecular complexity index is 931. The molecule has 132 valence electrons. The van der Waals surface area contributed by atoms with Crippen LogP contribution in [0.5, 0.6) is 0 Å². The molecule has 0 spiro atoms. The fourth-order valence-electron chi connectivity index (χ4n) is 3.91.